The molecular formula is C14H16Br2N2. The van der Waals surface area contributed by atoms with Gasteiger partial charge in [-0.2, -0.15) is 0 Å². The molecule has 0 fully saturated rings. The van der Waals surface area contributed by atoms with E-state index in [-0.39, 0.29) is 0 Å². The van der Waals surface area contributed by atoms with Crippen LogP contribution in [-0.4, -0.2) is 32.8 Å². The van der Waals surface area contributed by atoms with E-state index in [1.165, 1.54) is 0 Å². The van der Waals surface area contributed by atoms with Crippen molar-refractivity contribution in [1.29, 1.82) is 0 Å². The van der Waals surface area contributed by atoms with Crippen LogP contribution in [0.15, 0.2) is 61.0 Å². The van der Waals surface area contributed by atoms with Gasteiger partial charge in [0.05, 0.1) is 0 Å². The topological polar surface area (TPSA) is 6.48 Å². The van der Waals surface area contributed by atoms with E-state index in [1.807, 2.05) is 0 Å². The van der Waals surface area contributed by atoms with Gasteiger partial charge in [-0.3, -0.25) is 0 Å². The quantitative estimate of drug-likeness (QED) is 0.421. The summed E-state index contributed by atoms with van der Waals surface area (Å²) < 4.78 is 0. The van der Waals surface area contributed by atoms with Crippen molar-refractivity contribution < 1.29 is 0 Å². The summed E-state index contributed by atoms with van der Waals surface area (Å²) in [6.07, 6.45) is 21.1. The molecule has 2 aliphatic rings. The standard InChI is InChI=1S/C14H16Br2N2/c15-13-7-1-3-9-17(13)11-5-6-12-18-10-4-2-8-14(18)16/h1-10,13-14H,11-12H2/b6-5+. The summed E-state index contributed by atoms with van der Waals surface area (Å²) in [5.74, 6) is 0. The maximum atomic E-state index is 3.61. The lowest BCUT2D eigenvalue weighted by Crippen LogP contribution is -2.27. The summed E-state index contributed by atoms with van der Waals surface area (Å²) >= 11 is 7.22. The highest BCUT2D eigenvalue weighted by atomic mass is 79.9. The van der Waals surface area contributed by atoms with Crippen LogP contribution in [-0.2, 0) is 0 Å². The lowest BCUT2D eigenvalue weighted by molar-refractivity contribution is 0.424. The molecule has 2 heterocycles. The first-order valence-corrected chi connectivity index (χ1v) is 7.75. The van der Waals surface area contributed by atoms with E-state index >= 15 is 0 Å². The molecule has 0 spiro atoms. The van der Waals surface area contributed by atoms with Crippen molar-refractivity contribution >= 4 is 31.9 Å². The van der Waals surface area contributed by atoms with Gasteiger partial charge in [-0.25, -0.2) is 0 Å². The Labute approximate surface area is 125 Å². The molecule has 0 saturated carbocycles. The van der Waals surface area contributed by atoms with Gasteiger partial charge in [0.25, 0.3) is 0 Å². The second-order valence-corrected chi connectivity index (χ2v) is 5.94. The minimum atomic E-state index is 0.300. The van der Waals surface area contributed by atoms with Crippen molar-refractivity contribution in [3.8, 4) is 0 Å². The molecule has 2 atom stereocenters. The van der Waals surface area contributed by atoms with Crippen molar-refractivity contribution in [2.24, 2.45) is 0 Å². The third-order valence-electron chi connectivity index (χ3n) is 2.75. The molecule has 96 valence electrons. The highest BCUT2D eigenvalue weighted by molar-refractivity contribution is 9.09. The zero-order chi connectivity index (χ0) is 12.8. The fourth-order valence-corrected chi connectivity index (χ4v) is 2.69. The predicted molar refractivity (Wildman–Crippen MR) is 84.5 cm³/mol. The maximum absolute atomic E-state index is 3.61. The van der Waals surface area contributed by atoms with Crippen LogP contribution in [0.3, 0.4) is 0 Å². The molecule has 0 aromatic heterocycles. The molecule has 2 unspecified atom stereocenters. The first-order valence-electron chi connectivity index (χ1n) is 5.92. The van der Waals surface area contributed by atoms with E-state index in [4.69, 9.17) is 0 Å². The van der Waals surface area contributed by atoms with E-state index in [2.05, 4.69) is 103 Å². The number of rotatable bonds is 4. The fraction of sp³-hybridized carbons (Fsp3) is 0.286. The zero-order valence-corrected chi connectivity index (χ0v) is 13.2. The summed E-state index contributed by atoms with van der Waals surface area (Å²) in [4.78, 5) is 5.06. The molecular weight excluding hydrogens is 356 g/mol. The van der Waals surface area contributed by atoms with Gasteiger partial charge >= 0.3 is 0 Å². The number of hydrogen-bond acceptors (Lipinski definition) is 2. The maximum Gasteiger partial charge on any atom is 0.103 e. The van der Waals surface area contributed by atoms with Crippen LogP contribution in [0, 0.1) is 0 Å². The van der Waals surface area contributed by atoms with Gasteiger partial charge in [0.2, 0.25) is 0 Å². The average molecular weight is 372 g/mol. The van der Waals surface area contributed by atoms with Crippen LogP contribution < -0.4 is 0 Å². The summed E-state index contributed by atoms with van der Waals surface area (Å²) in [5, 5.41) is 0. The van der Waals surface area contributed by atoms with Gasteiger partial charge in [-0.05, 0) is 12.2 Å². The Balaban J connectivity index is 1.75. The SMILES string of the molecule is BrC1C=CC=CN1C/C=C/CN1C=CC=CC1Br. The Morgan fingerprint density at radius 1 is 0.778 bits per heavy atom. The molecule has 4 heteroatoms. The van der Waals surface area contributed by atoms with Gasteiger partial charge in [0, 0.05) is 25.5 Å². The van der Waals surface area contributed by atoms with E-state index in [0.717, 1.165) is 13.1 Å². The summed E-state index contributed by atoms with van der Waals surface area (Å²) in [6, 6.07) is 0. The largest absolute Gasteiger partial charge is 0.358 e. The van der Waals surface area contributed by atoms with Crippen LogP contribution in [0.25, 0.3) is 0 Å². The molecule has 2 nitrogen and oxygen atoms in total. The molecule has 0 amide bonds. The Bertz CT molecular complexity index is 372. The van der Waals surface area contributed by atoms with Crippen molar-refractivity contribution in [2.45, 2.75) is 9.90 Å². The van der Waals surface area contributed by atoms with Crippen LogP contribution >= 0.6 is 31.9 Å². The molecule has 0 aromatic carbocycles. The van der Waals surface area contributed by atoms with Crippen molar-refractivity contribution in [3.63, 3.8) is 0 Å². The van der Waals surface area contributed by atoms with Crippen molar-refractivity contribution in [1.82, 2.24) is 9.80 Å². The first kappa shape index (κ1) is 13.7. The van der Waals surface area contributed by atoms with Gasteiger partial charge in [0.15, 0.2) is 0 Å². The molecule has 0 saturated heterocycles. The Hall–Kier alpha value is -0.740. The molecule has 2 rings (SSSR count). The highest BCUT2D eigenvalue weighted by Crippen LogP contribution is 2.15. The Kier molecular flexibility index (Phi) is 5.32. The lowest BCUT2D eigenvalue weighted by atomic mass is 10.3. The smallest absolute Gasteiger partial charge is 0.103 e. The van der Waals surface area contributed by atoms with E-state index in [9.17, 15) is 0 Å². The van der Waals surface area contributed by atoms with E-state index < -0.39 is 0 Å². The average Bonchev–Trinajstić information content (AvgIpc) is 2.38. The van der Waals surface area contributed by atoms with Crippen LogP contribution in [0.2, 0.25) is 0 Å². The second-order valence-electron chi connectivity index (χ2n) is 4.06. The van der Waals surface area contributed by atoms with Crippen LogP contribution in [0.1, 0.15) is 0 Å². The fourth-order valence-electron chi connectivity index (χ4n) is 1.73. The predicted octanol–water partition coefficient (Wildman–Crippen LogP) is 3.76. The minimum absolute atomic E-state index is 0.300. The summed E-state index contributed by atoms with van der Waals surface area (Å²) in [7, 11) is 0. The zero-order valence-electron chi connectivity index (χ0n) is 9.99. The molecule has 2 aliphatic heterocycles. The number of hydrogen-bond donors (Lipinski definition) is 0. The third kappa shape index (κ3) is 3.89. The lowest BCUT2D eigenvalue weighted by Gasteiger charge is -2.26. The second kappa shape index (κ2) is 7.00. The number of halogens is 2. The summed E-state index contributed by atoms with van der Waals surface area (Å²) in [5.41, 5.74) is 0. The number of alkyl halides is 2. The number of allylic oxidation sites excluding steroid dienone is 4. The first-order chi connectivity index (χ1) is 8.77. The van der Waals surface area contributed by atoms with Crippen molar-refractivity contribution in [2.75, 3.05) is 13.1 Å². The van der Waals surface area contributed by atoms with E-state index in [0.29, 0.717) is 9.90 Å². The van der Waals surface area contributed by atoms with Crippen LogP contribution in [0.4, 0.5) is 0 Å². The Morgan fingerprint density at radius 2 is 1.22 bits per heavy atom. The minimum Gasteiger partial charge on any atom is -0.358 e. The van der Waals surface area contributed by atoms with Gasteiger partial charge < -0.3 is 9.80 Å². The van der Waals surface area contributed by atoms with Gasteiger partial charge in [0.1, 0.15) is 9.90 Å². The van der Waals surface area contributed by atoms with Crippen LogP contribution in [0.5, 0.6) is 0 Å². The molecule has 0 bridgehead atoms. The highest BCUT2D eigenvalue weighted by Gasteiger charge is 2.09. The molecule has 18 heavy (non-hydrogen) atoms. The molecule has 0 N–H and O–H groups in total. The third-order valence-corrected chi connectivity index (χ3v) is 4.41. The Morgan fingerprint density at radius 3 is 1.61 bits per heavy atom. The van der Waals surface area contributed by atoms with Gasteiger partial charge in [-0.15, -0.1) is 0 Å². The van der Waals surface area contributed by atoms with Gasteiger partial charge in [-0.1, -0.05) is 68.3 Å². The molecule has 0 aromatic rings. The summed E-state index contributed by atoms with van der Waals surface area (Å²) in [6.45, 7) is 1.83. The normalized spacial score (nSPS) is 26.6. The van der Waals surface area contributed by atoms with E-state index in [1.54, 1.807) is 0 Å². The molecule has 0 radical (unpaired) electrons. The monoisotopic (exact) mass is 370 g/mol. The number of nitrogens with zero attached hydrogens (tertiary/aromatic N) is 2. The molecule has 0 aliphatic carbocycles. The van der Waals surface area contributed by atoms with Crippen molar-refractivity contribution in [3.05, 3.63) is 61.0 Å².